The molecule has 0 atom stereocenters. The molecule has 0 aliphatic carbocycles. The molecule has 3 aromatic carbocycles. The molecule has 0 saturated heterocycles. The number of rotatable bonds is 3. The summed E-state index contributed by atoms with van der Waals surface area (Å²) in [4.78, 5) is 17.1. The van der Waals surface area contributed by atoms with E-state index in [4.69, 9.17) is 39.2 Å². The van der Waals surface area contributed by atoms with E-state index < -0.39 is 0 Å². The van der Waals surface area contributed by atoms with Crippen LogP contribution in [0.25, 0.3) is 22.6 Å². The van der Waals surface area contributed by atoms with E-state index in [-0.39, 0.29) is 10.9 Å². The number of aryl methyl sites for hydroxylation is 1. The third-order valence-electron chi connectivity index (χ3n) is 4.26. The molecule has 0 unspecified atom stereocenters. The van der Waals surface area contributed by atoms with Crippen molar-refractivity contribution in [1.82, 2.24) is 4.98 Å². The first kappa shape index (κ1) is 18.8. The van der Waals surface area contributed by atoms with Crippen molar-refractivity contribution >= 4 is 57.5 Å². The van der Waals surface area contributed by atoms with Crippen LogP contribution in [-0.4, -0.2) is 10.9 Å². The highest BCUT2D eigenvalue weighted by atomic mass is 35.5. The van der Waals surface area contributed by atoms with Crippen molar-refractivity contribution in [3.05, 3.63) is 80.8 Å². The summed E-state index contributed by atoms with van der Waals surface area (Å²) < 4.78 is 5.81. The van der Waals surface area contributed by atoms with Gasteiger partial charge in [-0.15, -0.1) is 0 Å². The van der Waals surface area contributed by atoms with Crippen LogP contribution < -0.4 is 5.32 Å². The highest BCUT2D eigenvalue weighted by Crippen LogP contribution is 2.30. The van der Waals surface area contributed by atoms with E-state index in [0.29, 0.717) is 38.3 Å². The lowest BCUT2D eigenvalue weighted by molar-refractivity contribution is 0.102. The Balaban J connectivity index is 1.67. The zero-order chi connectivity index (χ0) is 19.8. The maximum absolute atomic E-state index is 12.6. The topological polar surface area (TPSA) is 55.1 Å². The van der Waals surface area contributed by atoms with Crippen molar-refractivity contribution in [2.24, 2.45) is 0 Å². The summed E-state index contributed by atoms with van der Waals surface area (Å²) in [5.74, 6) is 0.114. The van der Waals surface area contributed by atoms with E-state index in [0.717, 1.165) is 11.1 Å². The number of hydrogen-bond donors (Lipinski definition) is 1. The Morgan fingerprint density at radius 3 is 2.50 bits per heavy atom. The number of nitrogens with zero attached hydrogens (tertiary/aromatic N) is 1. The smallest absolute Gasteiger partial charge is 0.257 e. The number of nitrogens with one attached hydrogen (secondary N) is 1. The minimum absolute atomic E-state index is 0.287. The molecule has 0 radical (unpaired) electrons. The maximum Gasteiger partial charge on any atom is 0.257 e. The molecule has 0 saturated carbocycles. The number of anilines is 1. The first-order valence-corrected chi connectivity index (χ1v) is 9.47. The Bertz CT molecular complexity index is 1220. The second kappa shape index (κ2) is 7.47. The monoisotopic (exact) mass is 430 g/mol. The molecule has 0 aliphatic heterocycles. The van der Waals surface area contributed by atoms with Crippen molar-refractivity contribution in [2.45, 2.75) is 6.92 Å². The standard InChI is InChI=1S/C21H13Cl3N2O2/c1-11-2-3-12(21-26-18-10-14(23)5-7-19(18)28-21)8-17(11)25-20(27)15-6-4-13(22)9-16(15)24/h2-10H,1H3,(H,25,27). The van der Waals surface area contributed by atoms with Crippen LogP contribution in [0, 0.1) is 6.92 Å². The van der Waals surface area contributed by atoms with E-state index in [1.165, 1.54) is 6.07 Å². The van der Waals surface area contributed by atoms with Gasteiger partial charge in [0.05, 0.1) is 10.6 Å². The lowest BCUT2D eigenvalue weighted by Gasteiger charge is -2.11. The molecule has 4 aromatic rings. The number of carbonyl (C=O) groups is 1. The molecule has 0 aliphatic rings. The van der Waals surface area contributed by atoms with E-state index in [1.54, 1.807) is 30.3 Å². The van der Waals surface area contributed by atoms with Crippen molar-refractivity contribution in [3.63, 3.8) is 0 Å². The number of fused-ring (bicyclic) bond motifs is 1. The number of hydrogen-bond acceptors (Lipinski definition) is 3. The van der Waals surface area contributed by atoms with Crippen LogP contribution in [0.3, 0.4) is 0 Å². The SMILES string of the molecule is Cc1ccc(-c2nc3cc(Cl)ccc3o2)cc1NC(=O)c1ccc(Cl)cc1Cl. The Kier molecular flexibility index (Phi) is 5.02. The van der Waals surface area contributed by atoms with Crippen LogP contribution in [-0.2, 0) is 0 Å². The zero-order valence-electron chi connectivity index (χ0n) is 14.6. The minimum atomic E-state index is -0.328. The average molecular weight is 432 g/mol. The average Bonchev–Trinajstić information content (AvgIpc) is 3.06. The molecule has 7 heteroatoms. The summed E-state index contributed by atoms with van der Waals surface area (Å²) in [5, 5.41) is 4.22. The lowest BCUT2D eigenvalue weighted by atomic mass is 10.1. The van der Waals surface area contributed by atoms with E-state index >= 15 is 0 Å². The molecule has 4 rings (SSSR count). The molecule has 28 heavy (non-hydrogen) atoms. The molecule has 1 amide bonds. The lowest BCUT2D eigenvalue weighted by Crippen LogP contribution is -2.13. The summed E-state index contributed by atoms with van der Waals surface area (Å²) in [6, 6.07) is 15.6. The first-order valence-electron chi connectivity index (χ1n) is 8.34. The van der Waals surface area contributed by atoms with Crippen LogP contribution >= 0.6 is 34.8 Å². The number of aromatic nitrogens is 1. The Morgan fingerprint density at radius 2 is 1.71 bits per heavy atom. The van der Waals surface area contributed by atoms with Crippen LogP contribution in [0.15, 0.2) is 59.0 Å². The van der Waals surface area contributed by atoms with Gasteiger partial charge in [0.1, 0.15) is 5.52 Å². The highest BCUT2D eigenvalue weighted by Gasteiger charge is 2.14. The van der Waals surface area contributed by atoms with Crippen LogP contribution in [0.4, 0.5) is 5.69 Å². The fourth-order valence-corrected chi connectivity index (χ4v) is 3.44. The third-order valence-corrected chi connectivity index (χ3v) is 5.04. The van der Waals surface area contributed by atoms with Gasteiger partial charge in [-0.3, -0.25) is 4.79 Å². The van der Waals surface area contributed by atoms with Crippen molar-refractivity contribution in [3.8, 4) is 11.5 Å². The van der Waals surface area contributed by atoms with Gasteiger partial charge in [0.25, 0.3) is 5.91 Å². The molecular formula is C21H13Cl3N2O2. The number of oxazole rings is 1. The first-order chi connectivity index (χ1) is 13.4. The summed E-state index contributed by atoms with van der Waals surface area (Å²) >= 11 is 18.0. The Morgan fingerprint density at radius 1 is 0.964 bits per heavy atom. The van der Waals surface area contributed by atoms with Crippen LogP contribution in [0.2, 0.25) is 15.1 Å². The van der Waals surface area contributed by atoms with Gasteiger partial charge in [-0.2, -0.15) is 0 Å². The molecule has 0 bridgehead atoms. The molecular weight excluding hydrogens is 419 g/mol. The molecule has 0 spiro atoms. The Labute approximate surface area is 176 Å². The van der Waals surface area contributed by atoms with Crippen molar-refractivity contribution < 1.29 is 9.21 Å². The molecule has 1 heterocycles. The van der Waals surface area contributed by atoms with Crippen LogP contribution in [0.1, 0.15) is 15.9 Å². The summed E-state index contributed by atoms with van der Waals surface area (Å²) in [6.07, 6.45) is 0. The maximum atomic E-state index is 12.6. The normalized spacial score (nSPS) is 11.0. The molecule has 140 valence electrons. The predicted molar refractivity (Wildman–Crippen MR) is 114 cm³/mol. The predicted octanol–water partition coefficient (Wildman–Crippen LogP) is 7.02. The highest BCUT2D eigenvalue weighted by molar-refractivity contribution is 6.37. The van der Waals surface area contributed by atoms with Gasteiger partial charge in [-0.1, -0.05) is 40.9 Å². The number of benzene rings is 3. The van der Waals surface area contributed by atoms with E-state index in [2.05, 4.69) is 10.3 Å². The molecule has 0 fully saturated rings. The van der Waals surface area contributed by atoms with Gasteiger partial charge in [0, 0.05) is 21.3 Å². The van der Waals surface area contributed by atoms with Gasteiger partial charge in [0.15, 0.2) is 5.58 Å². The second-order valence-electron chi connectivity index (χ2n) is 6.24. The van der Waals surface area contributed by atoms with Gasteiger partial charge < -0.3 is 9.73 Å². The number of halogens is 3. The van der Waals surface area contributed by atoms with Crippen LogP contribution in [0.5, 0.6) is 0 Å². The largest absolute Gasteiger partial charge is 0.436 e. The summed E-state index contributed by atoms with van der Waals surface area (Å²) in [5.41, 5.74) is 3.90. The quantitative estimate of drug-likeness (QED) is 0.379. The Hall–Kier alpha value is -2.53. The van der Waals surface area contributed by atoms with Crippen molar-refractivity contribution in [1.29, 1.82) is 0 Å². The summed E-state index contributed by atoms with van der Waals surface area (Å²) in [6.45, 7) is 1.90. The summed E-state index contributed by atoms with van der Waals surface area (Å²) in [7, 11) is 0. The number of amides is 1. The third kappa shape index (κ3) is 3.72. The number of carbonyl (C=O) groups excluding carboxylic acids is 1. The molecule has 1 N–H and O–H groups in total. The molecule has 4 nitrogen and oxygen atoms in total. The minimum Gasteiger partial charge on any atom is -0.436 e. The van der Waals surface area contributed by atoms with Gasteiger partial charge >= 0.3 is 0 Å². The van der Waals surface area contributed by atoms with E-state index in [9.17, 15) is 4.79 Å². The van der Waals surface area contributed by atoms with Gasteiger partial charge in [-0.05, 0) is 61.0 Å². The van der Waals surface area contributed by atoms with Crippen molar-refractivity contribution in [2.75, 3.05) is 5.32 Å². The molecule has 1 aromatic heterocycles. The van der Waals surface area contributed by atoms with E-state index in [1.807, 2.05) is 25.1 Å². The van der Waals surface area contributed by atoms with Gasteiger partial charge in [-0.25, -0.2) is 4.98 Å². The fraction of sp³-hybridized carbons (Fsp3) is 0.0476. The fourth-order valence-electron chi connectivity index (χ4n) is 2.78. The second-order valence-corrected chi connectivity index (χ2v) is 7.52. The zero-order valence-corrected chi connectivity index (χ0v) is 16.9. The van der Waals surface area contributed by atoms with Gasteiger partial charge in [0.2, 0.25) is 5.89 Å².